The van der Waals surface area contributed by atoms with Crippen LogP contribution in [0.4, 0.5) is 5.13 Å². The maximum Gasteiger partial charge on any atom is 0.349 e. The van der Waals surface area contributed by atoms with E-state index in [2.05, 4.69) is 10.3 Å². The lowest BCUT2D eigenvalue weighted by Gasteiger charge is -2.07. The summed E-state index contributed by atoms with van der Waals surface area (Å²) >= 11 is 1.27. The minimum atomic E-state index is -0.685. The van der Waals surface area contributed by atoms with Gasteiger partial charge in [-0.3, -0.25) is 10.1 Å². The molecule has 4 rings (SSSR count). The first-order valence-corrected chi connectivity index (χ1v) is 9.55. The van der Waals surface area contributed by atoms with Crippen LogP contribution in [0.25, 0.3) is 22.2 Å². The van der Waals surface area contributed by atoms with Gasteiger partial charge in [-0.2, -0.15) is 0 Å². The molecule has 0 spiro atoms. The Morgan fingerprint density at radius 1 is 1.18 bits per heavy atom. The number of benzene rings is 2. The number of rotatable bonds is 5. The van der Waals surface area contributed by atoms with Gasteiger partial charge in [-0.1, -0.05) is 30.3 Å². The van der Waals surface area contributed by atoms with Gasteiger partial charge in [0, 0.05) is 16.3 Å². The molecule has 2 aromatic heterocycles. The van der Waals surface area contributed by atoms with E-state index in [9.17, 15) is 9.59 Å². The molecule has 0 saturated heterocycles. The highest BCUT2D eigenvalue weighted by molar-refractivity contribution is 7.14. The zero-order chi connectivity index (χ0) is 19.5. The summed E-state index contributed by atoms with van der Waals surface area (Å²) in [7, 11) is 0. The highest BCUT2D eigenvalue weighted by Gasteiger charge is 2.16. The standard InChI is InChI=1S/C21H16N2O4S/c1-2-26-18-10-6-4-8-14(18)16-12-28-21(22-16)23-19(24)15-11-13-7-3-5-9-17(13)27-20(15)25/h3-12H,2H2,1H3,(H,22,23,24). The van der Waals surface area contributed by atoms with E-state index in [-0.39, 0.29) is 5.56 Å². The summed E-state index contributed by atoms with van der Waals surface area (Å²) in [6.07, 6.45) is 0. The molecule has 1 N–H and O–H groups in total. The van der Waals surface area contributed by atoms with Crippen molar-refractivity contribution in [3.8, 4) is 17.0 Å². The van der Waals surface area contributed by atoms with Gasteiger partial charge in [0.2, 0.25) is 0 Å². The lowest BCUT2D eigenvalue weighted by atomic mass is 10.1. The van der Waals surface area contributed by atoms with Gasteiger partial charge in [-0.15, -0.1) is 11.3 Å². The molecule has 0 aliphatic carbocycles. The smallest absolute Gasteiger partial charge is 0.349 e. The number of anilines is 1. The van der Waals surface area contributed by atoms with Crippen molar-refractivity contribution >= 4 is 33.3 Å². The molecule has 0 radical (unpaired) electrons. The lowest BCUT2D eigenvalue weighted by molar-refractivity contribution is 0.102. The van der Waals surface area contributed by atoms with E-state index in [1.807, 2.05) is 42.6 Å². The first-order valence-electron chi connectivity index (χ1n) is 8.67. The maximum atomic E-state index is 12.6. The van der Waals surface area contributed by atoms with E-state index < -0.39 is 11.5 Å². The Morgan fingerprint density at radius 2 is 1.96 bits per heavy atom. The van der Waals surface area contributed by atoms with Gasteiger partial charge in [0.15, 0.2) is 5.13 Å². The lowest BCUT2D eigenvalue weighted by Crippen LogP contribution is -2.20. The van der Waals surface area contributed by atoms with Gasteiger partial charge in [-0.05, 0) is 31.2 Å². The summed E-state index contributed by atoms with van der Waals surface area (Å²) in [5, 5.41) is 5.57. The van der Waals surface area contributed by atoms with E-state index in [0.717, 1.165) is 11.3 Å². The second kappa shape index (κ2) is 7.66. The zero-order valence-corrected chi connectivity index (χ0v) is 15.8. The fourth-order valence-corrected chi connectivity index (χ4v) is 3.50. The average Bonchev–Trinajstić information content (AvgIpc) is 3.16. The monoisotopic (exact) mass is 392 g/mol. The van der Waals surface area contributed by atoms with Gasteiger partial charge in [-0.25, -0.2) is 9.78 Å². The molecule has 140 valence electrons. The van der Waals surface area contributed by atoms with Crippen molar-refractivity contribution in [2.24, 2.45) is 0 Å². The topological polar surface area (TPSA) is 81.4 Å². The largest absolute Gasteiger partial charge is 0.493 e. The number of carbonyl (C=O) groups is 1. The molecule has 0 saturated carbocycles. The van der Waals surface area contributed by atoms with Crippen LogP contribution >= 0.6 is 11.3 Å². The van der Waals surface area contributed by atoms with Crippen molar-refractivity contribution < 1.29 is 13.9 Å². The molecule has 0 aliphatic heterocycles. The first kappa shape index (κ1) is 17.9. The number of hydrogen-bond acceptors (Lipinski definition) is 6. The van der Waals surface area contributed by atoms with E-state index in [1.54, 1.807) is 18.2 Å². The van der Waals surface area contributed by atoms with Crippen molar-refractivity contribution in [1.82, 2.24) is 4.98 Å². The summed E-state index contributed by atoms with van der Waals surface area (Å²) in [5.74, 6) is 0.168. The second-order valence-corrected chi connectivity index (χ2v) is 6.76. The summed E-state index contributed by atoms with van der Waals surface area (Å²) in [4.78, 5) is 29.2. The van der Waals surface area contributed by atoms with Crippen LogP contribution < -0.4 is 15.7 Å². The van der Waals surface area contributed by atoms with Crippen molar-refractivity contribution in [2.75, 3.05) is 11.9 Å². The Hall–Kier alpha value is -3.45. The molecule has 0 atom stereocenters. The minimum Gasteiger partial charge on any atom is -0.493 e. The van der Waals surface area contributed by atoms with Crippen LogP contribution in [0.15, 0.2) is 69.2 Å². The van der Waals surface area contributed by atoms with E-state index in [1.165, 1.54) is 17.4 Å². The van der Waals surface area contributed by atoms with Crippen LogP contribution in [-0.2, 0) is 0 Å². The molecule has 0 unspecified atom stereocenters. The third-order valence-corrected chi connectivity index (χ3v) is 4.83. The fraction of sp³-hybridized carbons (Fsp3) is 0.0952. The summed E-state index contributed by atoms with van der Waals surface area (Å²) in [6.45, 7) is 2.46. The molecule has 1 amide bonds. The number of hydrogen-bond donors (Lipinski definition) is 1. The number of para-hydroxylation sites is 2. The molecule has 4 aromatic rings. The molecular weight excluding hydrogens is 376 g/mol. The van der Waals surface area contributed by atoms with E-state index in [0.29, 0.717) is 28.4 Å². The maximum absolute atomic E-state index is 12.6. The normalized spacial score (nSPS) is 10.8. The second-order valence-electron chi connectivity index (χ2n) is 5.91. The number of thiazole rings is 1. The number of nitrogens with one attached hydrogen (secondary N) is 1. The Kier molecular flexibility index (Phi) is 4.90. The highest BCUT2D eigenvalue weighted by Crippen LogP contribution is 2.32. The number of carbonyl (C=O) groups excluding carboxylic acids is 1. The van der Waals surface area contributed by atoms with Crippen molar-refractivity contribution in [1.29, 1.82) is 0 Å². The predicted molar refractivity (Wildman–Crippen MR) is 109 cm³/mol. The van der Waals surface area contributed by atoms with Gasteiger partial charge >= 0.3 is 5.63 Å². The van der Waals surface area contributed by atoms with E-state index >= 15 is 0 Å². The van der Waals surface area contributed by atoms with Crippen LogP contribution in [0, 0.1) is 0 Å². The van der Waals surface area contributed by atoms with Crippen LogP contribution in [-0.4, -0.2) is 17.5 Å². The first-order chi connectivity index (χ1) is 13.7. The van der Waals surface area contributed by atoms with Crippen LogP contribution in [0.1, 0.15) is 17.3 Å². The Morgan fingerprint density at radius 3 is 2.82 bits per heavy atom. The molecule has 0 bridgehead atoms. The number of ether oxygens (including phenoxy) is 1. The zero-order valence-electron chi connectivity index (χ0n) is 15.0. The quantitative estimate of drug-likeness (QED) is 0.503. The molecule has 2 aromatic carbocycles. The van der Waals surface area contributed by atoms with Crippen molar-refractivity contribution in [3.63, 3.8) is 0 Å². The Labute approximate surface area is 164 Å². The van der Waals surface area contributed by atoms with Crippen LogP contribution in [0.5, 0.6) is 5.75 Å². The average molecular weight is 392 g/mol. The third-order valence-electron chi connectivity index (χ3n) is 4.07. The highest BCUT2D eigenvalue weighted by atomic mass is 32.1. The van der Waals surface area contributed by atoms with Crippen LogP contribution in [0.3, 0.4) is 0 Å². The van der Waals surface area contributed by atoms with Gasteiger partial charge in [0.05, 0.1) is 12.3 Å². The van der Waals surface area contributed by atoms with E-state index in [4.69, 9.17) is 9.15 Å². The number of amides is 1. The van der Waals surface area contributed by atoms with Gasteiger partial charge in [0.25, 0.3) is 5.91 Å². The van der Waals surface area contributed by atoms with Gasteiger partial charge < -0.3 is 9.15 Å². The molecule has 0 fully saturated rings. The Bertz CT molecular complexity index is 1210. The molecule has 28 heavy (non-hydrogen) atoms. The van der Waals surface area contributed by atoms with Gasteiger partial charge in [0.1, 0.15) is 16.9 Å². The SMILES string of the molecule is CCOc1ccccc1-c1csc(NC(=O)c2cc3ccccc3oc2=O)n1. The van der Waals surface area contributed by atoms with Crippen molar-refractivity contribution in [2.45, 2.75) is 6.92 Å². The number of fused-ring (bicyclic) bond motifs is 1. The Balaban J connectivity index is 1.60. The van der Waals surface area contributed by atoms with Crippen LogP contribution in [0.2, 0.25) is 0 Å². The molecular formula is C21H16N2O4S. The molecule has 6 nitrogen and oxygen atoms in total. The van der Waals surface area contributed by atoms with Crippen molar-refractivity contribution in [3.05, 3.63) is 76.0 Å². The number of aromatic nitrogens is 1. The molecule has 7 heteroatoms. The summed E-state index contributed by atoms with van der Waals surface area (Å²) in [6, 6.07) is 16.1. The fourth-order valence-electron chi connectivity index (χ4n) is 2.80. The molecule has 2 heterocycles. The predicted octanol–water partition coefficient (Wildman–Crippen LogP) is 4.57. The molecule has 0 aliphatic rings. The minimum absolute atomic E-state index is 0.0647. The third kappa shape index (κ3) is 3.52. The number of nitrogens with zero attached hydrogens (tertiary/aromatic N) is 1. The summed E-state index contributed by atoms with van der Waals surface area (Å²) < 4.78 is 10.9. The summed E-state index contributed by atoms with van der Waals surface area (Å²) in [5.41, 5.74) is 1.22.